The molecule has 0 bridgehead atoms. The van der Waals surface area contributed by atoms with Crippen molar-refractivity contribution >= 4 is 40.1 Å². The van der Waals surface area contributed by atoms with Gasteiger partial charge in [-0.25, -0.2) is 9.97 Å². The highest BCUT2D eigenvalue weighted by molar-refractivity contribution is 6.30. The van der Waals surface area contributed by atoms with E-state index >= 15 is 0 Å². The van der Waals surface area contributed by atoms with Gasteiger partial charge in [-0.15, -0.1) is 0 Å². The lowest BCUT2D eigenvalue weighted by Crippen LogP contribution is -2.47. The molecule has 10 nitrogen and oxygen atoms in total. The van der Waals surface area contributed by atoms with Crippen LogP contribution in [0.25, 0.3) is 10.9 Å². The molecule has 0 saturated carbocycles. The first-order chi connectivity index (χ1) is 20.7. The summed E-state index contributed by atoms with van der Waals surface area (Å²) in [5.74, 6) is 1.09. The molecule has 2 heterocycles. The average molecular weight is 598 g/mol. The molecule has 2 amide bonds. The van der Waals surface area contributed by atoms with E-state index in [1.54, 1.807) is 56.6 Å². The van der Waals surface area contributed by atoms with Gasteiger partial charge in [0.15, 0.2) is 0 Å². The summed E-state index contributed by atoms with van der Waals surface area (Å²) < 4.78 is 5.95. The molecule has 1 fully saturated rings. The van der Waals surface area contributed by atoms with Gasteiger partial charge in [-0.1, -0.05) is 23.7 Å². The summed E-state index contributed by atoms with van der Waals surface area (Å²) in [7, 11) is 5.40. The Morgan fingerprint density at radius 3 is 2.60 bits per heavy atom. The third-order valence-electron chi connectivity index (χ3n) is 7.35. The Morgan fingerprint density at radius 1 is 1.07 bits per heavy atom. The number of nitriles is 1. The van der Waals surface area contributed by atoms with Crippen LogP contribution in [0.4, 0.5) is 5.82 Å². The molecule has 1 N–H and O–H groups in total. The predicted octanol–water partition coefficient (Wildman–Crippen LogP) is 4.13. The van der Waals surface area contributed by atoms with Crippen molar-refractivity contribution in [3.63, 3.8) is 0 Å². The largest absolute Gasteiger partial charge is 0.456 e. The molecule has 1 aromatic heterocycles. The van der Waals surface area contributed by atoms with Crippen LogP contribution in [0, 0.1) is 11.3 Å². The number of ether oxygens (including phenoxy) is 1. The number of rotatable bonds is 8. The standard InChI is InChI=1S/C32H32ClN7O3/c1-38(2)32(42)28(16-21-5-4-6-25(15-21)43-29-10-8-24(33)17-23(29)19-34)37-31(41)22-7-9-26-27(18-22)35-20-36-30(26)40-13-11-39(3)12-14-40/h4-10,15,17-18,20,28H,11-14,16H2,1-3H3,(H,37,41). The number of fused-ring (bicyclic) bond motifs is 1. The van der Waals surface area contributed by atoms with Crippen LogP contribution in [0.3, 0.4) is 0 Å². The Labute approximate surface area is 255 Å². The molecule has 1 unspecified atom stereocenters. The molecule has 0 radical (unpaired) electrons. The van der Waals surface area contributed by atoms with Crippen LogP contribution in [0.2, 0.25) is 5.02 Å². The molecule has 0 aliphatic carbocycles. The second-order valence-electron chi connectivity index (χ2n) is 10.7. The number of anilines is 1. The summed E-state index contributed by atoms with van der Waals surface area (Å²) in [4.78, 5) is 41.5. The van der Waals surface area contributed by atoms with E-state index in [0.717, 1.165) is 42.9 Å². The number of likely N-dealkylation sites (N-methyl/N-ethyl adjacent to an activating group) is 2. The van der Waals surface area contributed by atoms with E-state index in [2.05, 4.69) is 38.2 Å². The monoisotopic (exact) mass is 597 g/mol. The molecule has 1 saturated heterocycles. The normalized spacial score (nSPS) is 14.2. The zero-order chi connectivity index (χ0) is 30.5. The van der Waals surface area contributed by atoms with Gasteiger partial charge in [0.1, 0.15) is 35.8 Å². The van der Waals surface area contributed by atoms with Crippen molar-refractivity contribution in [1.29, 1.82) is 5.26 Å². The van der Waals surface area contributed by atoms with Crippen LogP contribution in [-0.2, 0) is 11.2 Å². The van der Waals surface area contributed by atoms with Crippen molar-refractivity contribution < 1.29 is 14.3 Å². The zero-order valence-corrected chi connectivity index (χ0v) is 25.0. The molecule has 4 aromatic rings. The number of amides is 2. The first-order valence-corrected chi connectivity index (χ1v) is 14.3. The summed E-state index contributed by atoms with van der Waals surface area (Å²) >= 11 is 6.01. The van der Waals surface area contributed by atoms with Crippen molar-refractivity contribution in [2.45, 2.75) is 12.5 Å². The third kappa shape index (κ3) is 7.02. The summed E-state index contributed by atoms with van der Waals surface area (Å²) in [6, 6.07) is 18.6. The summed E-state index contributed by atoms with van der Waals surface area (Å²) in [5, 5.41) is 13.7. The van der Waals surface area contributed by atoms with Crippen LogP contribution in [0.1, 0.15) is 21.5 Å². The number of hydrogen-bond donors (Lipinski definition) is 1. The van der Waals surface area contributed by atoms with Crippen LogP contribution in [0.15, 0.2) is 67.0 Å². The third-order valence-corrected chi connectivity index (χ3v) is 7.59. The van der Waals surface area contributed by atoms with Gasteiger partial charge in [0.05, 0.1) is 11.1 Å². The number of carbonyl (C=O) groups excluding carboxylic acids is 2. The molecule has 0 spiro atoms. The van der Waals surface area contributed by atoms with Crippen molar-refractivity contribution in [2.75, 3.05) is 52.2 Å². The van der Waals surface area contributed by atoms with Gasteiger partial charge in [-0.3, -0.25) is 9.59 Å². The number of nitrogens with zero attached hydrogens (tertiary/aromatic N) is 6. The summed E-state index contributed by atoms with van der Waals surface area (Å²) in [6.07, 6.45) is 1.75. The molecule has 3 aromatic carbocycles. The number of hydrogen-bond acceptors (Lipinski definition) is 8. The van der Waals surface area contributed by atoms with Crippen LogP contribution in [0.5, 0.6) is 11.5 Å². The molecule has 43 heavy (non-hydrogen) atoms. The fourth-order valence-electron chi connectivity index (χ4n) is 4.98. The molecule has 11 heteroatoms. The maximum absolute atomic E-state index is 13.4. The van der Waals surface area contributed by atoms with Crippen LogP contribution >= 0.6 is 11.6 Å². The second-order valence-corrected chi connectivity index (χ2v) is 11.1. The number of nitrogens with one attached hydrogen (secondary N) is 1. The highest BCUT2D eigenvalue weighted by atomic mass is 35.5. The maximum Gasteiger partial charge on any atom is 0.252 e. The van der Waals surface area contributed by atoms with E-state index in [1.807, 2.05) is 12.1 Å². The molecule has 1 aliphatic rings. The maximum atomic E-state index is 13.4. The van der Waals surface area contributed by atoms with Crippen LogP contribution in [-0.4, -0.2) is 84.9 Å². The fraction of sp³-hybridized carbons (Fsp3) is 0.281. The summed E-state index contributed by atoms with van der Waals surface area (Å²) in [6.45, 7) is 3.63. The van der Waals surface area contributed by atoms with Crippen LogP contribution < -0.4 is 15.0 Å². The molecule has 1 atom stereocenters. The van der Waals surface area contributed by atoms with Gasteiger partial charge < -0.3 is 24.8 Å². The van der Waals surface area contributed by atoms with E-state index in [0.29, 0.717) is 33.2 Å². The predicted molar refractivity (Wildman–Crippen MR) is 166 cm³/mol. The molecule has 1 aliphatic heterocycles. The Bertz CT molecular complexity index is 1700. The smallest absolute Gasteiger partial charge is 0.252 e. The topological polar surface area (TPSA) is 115 Å². The highest BCUT2D eigenvalue weighted by Gasteiger charge is 2.25. The van der Waals surface area contributed by atoms with Gasteiger partial charge in [0, 0.05) is 62.7 Å². The lowest BCUT2D eigenvalue weighted by Gasteiger charge is -2.33. The number of piperazine rings is 1. The minimum absolute atomic E-state index is 0.231. The second kappa shape index (κ2) is 13.1. The summed E-state index contributed by atoms with van der Waals surface area (Å²) in [5.41, 5.74) is 2.14. The number of halogens is 1. The fourth-order valence-corrected chi connectivity index (χ4v) is 5.16. The molecule has 220 valence electrons. The lowest BCUT2D eigenvalue weighted by atomic mass is 10.0. The zero-order valence-electron chi connectivity index (χ0n) is 24.2. The van der Waals surface area contributed by atoms with Gasteiger partial charge in [-0.2, -0.15) is 5.26 Å². The van der Waals surface area contributed by atoms with E-state index < -0.39 is 6.04 Å². The molecular weight excluding hydrogens is 566 g/mol. The van der Waals surface area contributed by atoms with Crippen molar-refractivity contribution in [2.24, 2.45) is 0 Å². The first-order valence-electron chi connectivity index (χ1n) is 13.9. The quantitative estimate of drug-likeness (QED) is 0.322. The first kappa shape index (κ1) is 29.8. The van der Waals surface area contributed by atoms with Gasteiger partial charge in [0.2, 0.25) is 5.91 Å². The highest BCUT2D eigenvalue weighted by Crippen LogP contribution is 2.29. The van der Waals surface area contributed by atoms with E-state index in [-0.39, 0.29) is 18.2 Å². The minimum Gasteiger partial charge on any atom is -0.456 e. The van der Waals surface area contributed by atoms with Crippen molar-refractivity contribution in [3.05, 3.63) is 88.7 Å². The molecular formula is C32H32ClN7O3. The minimum atomic E-state index is -0.829. The van der Waals surface area contributed by atoms with Crippen molar-refractivity contribution in [3.8, 4) is 17.6 Å². The Kier molecular flexibility index (Phi) is 9.04. The Hall–Kier alpha value is -4.72. The van der Waals surface area contributed by atoms with Gasteiger partial charge in [0.25, 0.3) is 5.91 Å². The van der Waals surface area contributed by atoms with Gasteiger partial charge in [-0.05, 0) is 61.1 Å². The number of aromatic nitrogens is 2. The van der Waals surface area contributed by atoms with E-state index in [1.165, 1.54) is 17.3 Å². The van der Waals surface area contributed by atoms with Crippen molar-refractivity contribution in [1.82, 2.24) is 25.1 Å². The van der Waals surface area contributed by atoms with Gasteiger partial charge >= 0.3 is 0 Å². The Morgan fingerprint density at radius 2 is 1.86 bits per heavy atom. The van der Waals surface area contributed by atoms with E-state index in [9.17, 15) is 14.9 Å². The Balaban J connectivity index is 1.34. The number of carbonyl (C=O) groups is 2. The SMILES string of the molecule is CN1CCN(c2ncnc3cc(C(=O)NC(Cc4cccc(Oc5ccc(Cl)cc5C#N)c4)C(=O)N(C)C)ccc23)CC1. The lowest BCUT2D eigenvalue weighted by molar-refractivity contribution is -0.130. The molecule has 5 rings (SSSR count). The number of benzene rings is 3. The average Bonchev–Trinajstić information content (AvgIpc) is 3.01. The van der Waals surface area contributed by atoms with E-state index in [4.69, 9.17) is 16.3 Å².